The molecule has 1 unspecified atom stereocenters. The molecule has 1 atom stereocenters. The van der Waals surface area contributed by atoms with Crippen molar-refractivity contribution < 1.29 is 4.74 Å². The average molecular weight is 340 g/mol. The Morgan fingerprint density at radius 3 is 2.68 bits per heavy atom. The van der Waals surface area contributed by atoms with Crippen molar-refractivity contribution in [3.05, 3.63) is 47.0 Å². The largest absolute Gasteiger partial charge is 0.370 e. The van der Waals surface area contributed by atoms with Gasteiger partial charge < -0.3 is 9.30 Å². The monoisotopic (exact) mass is 340 g/mol. The van der Waals surface area contributed by atoms with Gasteiger partial charge in [-0.2, -0.15) is 0 Å². The molecule has 2 aliphatic rings. The van der Waals surface area contributed by atoms with Crippen LogP contribution in [0.3, 0.4) is 0 Å². The first-order valence-corrected chi connectivity index (χ1v) is 9.55. The van der Waals surface area contributed by atoms with Gasteiger partial charge in [0.2, 0.25) is 0 Å². The lowest BCUT2D eigenvalue weighted by atomic mass is 10.0. The molecule has 0 spiro atoms. The summed E-state index contributed by atoms with van der Waals surface area (Å²) >= 11 is 0. The molecule has 0 saturated carbocycles. The van der Waals surface area contributed by atoms with E-state index in [4.69, 9.17) is 4.74 Å². The van der Waals surface area contributed by atoms with E-state index >= 15 is 0 Å². The lowest BCUT2D eigenvalue weighted by Crippen LogP contribution is -2.27. The molecular weight excluding hydrogens is 312 g/mol. The summed E-state index contributed by atoms with van der Waals surface area (Å²) in [5, 5.41) is 8.87. The summed E-state index contributed by atoms with van der Waals surface area (Å²) in [5.74, 6) is 2.74. The van der Waals surface area contributed by atoms with Gasteiger partial charge in [0, 0.05) is 39.2 Å². The average Bonchev–Trinajstić information content (AvgIpc) is 3.23. The second-order valence-electron chi connectivity index (χ2n) is 7.55. The summed E-state index contributed by atoms with van der Waals surface area (Å²) in [5.41, 5.74) is 2.80. The van der Waals surface area contributed by atoms with E-state index in [1.54, 1.807) is 0 Å². The molecule has 1 saturated heterocycles. The minimum atomic E-state index is 0.149. The Balaban J connectivity index is 1.41. The molecule has 0 N–H and O–H groups in total. The number of rotatable bonds is 4. The molecule has 0 radical (unpaired) electrons. The molecule has 2 aliphatic heterocycles. The topological polar surface area (TPSA) is 43.2 Å². The fourth-order valence-electron chi connectivity index (χ4n) is 3.83. The first kappa shape index (κ1) is 16.7. The lowest BCUT2D eigenvalue weighted by molar-refractivity contribution is 0.101. The van der Waals surface area contributed by atoms with Crippen LogP contribution >= 0.6 is 0 Å². The third-order valence-electron chi connectivity index (χ3n) is 5.42. The zero-order valence-corrected chi connectivity index (χ0v) is 15.3. The van der Waals surface area contributed by atoms with Gasteiger partial charge in [0.25, 0.3) is 0 Å². The number of hydrogen-bond donors (Lipinski definition) is 0. The summed E-state index contributed by atoms with van der Waals surface area (Å²) in [6, 6.07) is 9.08. The second kappa shape index (κ2) is 7.26. The minimum absolute atomic E-state index is 0.149. The molecule has 0 aliphatic carbocycles. The Bertz CT molecular complexity index is 701. The first-order chi connectivity index (χ1) is 12.2. The maximum absolute atomic E-state index is 5.82. The SMILES string of the molecule is CC(C)c1ccc(CN2CCc3nnc(C4CCCO4)n3CC2)cc1. The van der Waals surface area contributed by atoms with Crippen LogP contribution in [0.15, 0.2) is 24.3 Å². The van der Waals surface area contributed by atoms with Gasteiger partial charge >= 0.3 is 0 Å². The fraction of sp³-hybridized carbons (Fsp3) is 0.600. The van der Waals surface area contributed by atoms with E-state index in [2.05, 4.69) is 57.8 Å². The Morgan fingerprint density at radius 2 is 1.96 bits per heavy atom. The van der Waals surface area contributed by atoms with Gasteiger partial charge in [-0.25, -0.2) is 0 Å². The number of fused-ring (bicyclic) bond motifs is 1. The van der Waals surface area contributed by atoms with E-state index in [1.165, 1.54) is 11.1 Å². The molecule has 2 aromatic rings. The van der Waals surface area contributed by atoms with Crippen molar-refractivity contribution in [2.24, 2.45) is 0 Å². The van der Waals surface area contributed by atoms with Gasteiger partial charge in [-0.1, -0.05) is 38.1 Å². The number of ether oxygens (including phenoxy) is 1. The van der Waals surface area contributed by atoms with E-state index < -0.39 is 0 Å². The highest BCUT2D eigenvalue weighted by Crippen LogP contribution is 2.28. The maximum Gasteiger partial charge on any atom is 0.162 e. The molecule has 3 heterocycles. The van der Waals surface area contributed by atoms with E-state index in [-0.39, 0.29) is 6.10 Å². The normalized spacial score (nSPS) is 21.5. The lowest BCUT2D eigenvalue weighted by Gasteiger charge is -2.20. The van der Waals surface area contributed by atoms with E-state index in [9.17, 15) is 0 Å². The number of hydrogen-bond acceptors (Lipinski definition) is 4. The third kappa shape index (κ3) is 3.62. The van der Waals surface area contributed by atoms with Crippen molar-refractivity contribution in [3.63, 3.8) is 0 Å². The highest BCUT2D eigenvalue weighted by atomic mass is 16.5. The molecule has 0 amide bonds. The Kier molecular flexibility index (Phi) is 4.86. The highest BCUT2D eigenvalue weighted by molar-refractivity contribution is 5.24. The third-order valence-corrected chi connectivity index (χ3v) is 5.42. The first-order valence-electron chi connectivity index (χ1n) is 9.55. The summed E-state index contributed by atoms with van der Waals surface area (Å²) in [6.07, 6.45) is 3.32. The zero-order chi connectivity index (χ0) is 17.2. The smallest absolute Gasteiger partial charge is 0.162 e. The Hall–Kier alpha value is -1.72. The molecule has 5 nitrogen and oxygen atoms in total. The molecule has 1 aromatic carbocycles. The standard InChI is InChI=1S/C20H28N4O/c1-15(2)17-7-5-16(6-8-17)14-23-10-9-19-21-22-20(24(19)12-11-23)18-4-3-13-25-18/h5-8,15,18H,3-4,9-14H2,1-2H3. The second-order valence-corrected chi connectivity index (χ2v) is 7.55. The van der Waals surface area contributed by atoms with Gasteiger partial charge in [-0.15, -0.1) is 10.2 Å². The molecule has 4 rings (SSSR count). The molecule has 1 fully saturated rings. The van der Waals surface area contributed by atoms with Crippen LogP contribution in [0.4, 0.5) is 0 Å². The predicted molar refractivity (Wildman–Crippen MR) is 97.5 cm³/mol. The molecule has 5 heteroatoms. The summed E-state index contributed by atoms with van der Waals surface area (Å²) < 4.78 is 8.12. The summed E-state index contributed by atoms with van der Waals surface area (Å²) in [6.45, 7) is 9.38. The Morgan fingerprint density at radius 1 is 1.12 bits per heavy atom. The van der Waals surface area contributed by atoms with E-state index in [0.29, 0.717) is 5.92 Å². The zero-order valence-electron chi connectivity index (χ0n) is 15.3. The Labute approximate surface area is 150 Å². The number of aromatic nitrogens is 3. The van der Waals surface area contributed by atoms with Crippen LogP contribution < -0.4 is 0 Å². The molecular formula is C20H28N4O. The molecule has 1 aromatic heterocycles. The fourth-order valence-corrected chi connectivity index (χ4v) is 3.83. The van der Waals surface area contributed by atoms with Gasteiger partial charge in [-0.3, -0.25) is 4.90 Å². The summed E-state index contributed by atoms with van der Waals surface area (Å²) in [7, 11) is 0. The number of nitrogens with zero attached hydrogens (tertiary/aromatic N) is 4. The van der Waals surface area contributed by atoms with Crippen LogP contribution in [-0.4, -0.2) is 39.4 Å². The van der Waals surface area contributed by atoms with Crippen LogP contribution in [0, 0.1) is 0 Å². The van der Waals surface area contributed by atoms with Crippen LogP contribution in [-0.2, 0) is 24.2 Å². The van der Waals surface area contributed by atoms with Crippen molar-refractivity contribution in [1.82, 2.24) is 19.7 Å². The van der Waals surface area contributed by atoms with Crippen molar-refractivity contribution in [2.45, 2.75) is 58.2 Å². The van der Waals surface area contributed by atoms with Crippen LogP contribution in [0.2, 0.25) is 0 Å². The predicted octanol–water partition coefficient (Wildman–Crippen LogP) is 3.31. The van der Waals surface area contributed by atoms with Gasteiger partial charge in [0.15, 0.2) is 5.82 Å². The van der Waals surface area contributed by atoms with Crippen molar-refractivity contribution in [3.8, 4) is 0 Å². The van der Waals surface area contributed by atoms with Crippen molar-refractivity contribution >= 4 is 0 Å². The van der Waals surface area contributed by atoms with E-state index in [1.807, 2.05) is 0 Å². The van der Waals surface area contributed by atoms with Gasteiger partial charge in [0.05, 0.1) is 0 Å². The minimum Gasteiger partial charge on any atom is -0.370 e. The van der Waals surface area contributed by atoms with Gasteiger partial charge in [-0.05, 0) is 29.9 Å². The highest BCUT2D eigenvalue weighted by Gasteiger charge is 2.26. The molecule has 25 heavy (non-hydrogen) atoms. The number of benzene rings is 1. The van der Waals surface area contributed by atoms with Crippen molar-refractivity contribution in [2.75, 3.05) is 19.7 Å². The maximum atomic E-state index is 5.82. The quantitative estimate of drug-likeness (QED) is 0.856. The van der Waals surface area contributed by atoms with E-state index in [0.717, 1.165) is 63.7 Å². The molecule has 134 valence electrons. The van der Waals surface area contributed by atoms with Gasteiger partial charge in [0.1, 0.15) is 11.9 Å². The molecule has 0 bridgehead atoms. The van der Waals surface area contributed by atoms with Crippen molar-refractivity contribution in [1.29, 1.82) is 0 Å². The summed E-state index contributed by atoms with van der Waals surface area (Å²) in [4.78, 5) is 2.53. The van der Waals surface area contributed by atoms with Crippen LogP contribution in [0.25, 0.3) is 0 Å². The van der Waals surface area contributed by atoms with Crippen LogP contribution in [0.1, 0.15) is 61.5 Å². The van der Waals surface area contributed by atoms with Crippen LogP contribution in [0.5, 0.6) is 0 Å².